The van der Waals surface area contributed by atoms with Crippen molar-refractivity contribution in [2.45, 2.75) is 58.7 Å². The van der Waals surface area contributed by atoms with E-state index in [2.05, 4.69) is 10.6 Å². The van der Waals surface area contributed by atoms with Crippen LogP contribution in [0, 0.1) is 0 Å². The quantitative estimate of drug-likeness (QED) is 0.627. The Balaban J connectivity index is 4.21. The normalized spacial score (nSPS) is 15.1. The number of hydrogen-bond donors (Lipinski definition) is 3. The van der Waals surface area contributed by atoms with Crippen molar-refractivity contribution < 1.29 is 9.59 Å². The Morgan fingerprint density at radius 1 is 1.25 bits per heavy atom. The molecule has 0 rings (SSSR count). The minimum absolute atomic E-state index is 0.109. The van der Waals surface area contributed by atoms with E-state index >= 15 is 0 Å². The van der Waals surface area contributed by atoms with Crippen molar-refractivity contribution in [3.8, 4) is 0 Å². The molecule has 94 valence electrons. The van der Waals surface area contributed by atoms with Crippen LogP contribution < -0.4 is 16.4 Å². The predicted octanol–water partition coefficient (Wildman–Crippen LogP) is 0.143. The highest BCUT2D eigenvalue weighted by atomic mass is 16.2. The van der Waals surface area contributed by atoms with E-state index < -0.39 is 11.6 Å². The van der Waals surface area contributed by atoms with E-state index in [-0.39, 0.29) is 17.9 Å². The molecule has 0 aliphatic carbocycles. The van der Waals surface area contributed by atoms with Crippen LogP contribution in [0.15, 0.2) is 0 Å². The van der Waals surface area contributed by atoms with E-state index in [0.717, 1.165) is 6.42 Å². The average molecular weight is 229 g/mol. The summed E-state index contributed by atoms with van der Waals surface area (Å²) in [5.74, 6) is -0.522. The van der Waals surface area contributed by atoms with Gasteiger partial charge in [-0.25, -0.2) is 0 Å². The summed E-state index contributed by atoms with van der Waals surface area (Å²) in [5, 5.41) is 5.36. The first-order valence-electron chi connectivity index (χ1n) is 5.58. The van der Waals surface area contributed by atoms with Crippen LogP contribution in [0.2, 0.25) is 0 Å². The Labute approximate surface area is 97.2 Å². The van der Waals surface area contributed by atoms with Crippen LogP contribution in [-0.2, 0) is 9.59 Å². The Morgan fingerprint density at radius 3 is 2.12 bits per heavy atom. The van der Waals surface area contributed by atoms with Gasteiger partial charge in [0.25, 0.3) is 0 Å². The number of nitrogens with one attached hydrogen (secondary N) is 2. The van der Waals surface area contributed by atoms with Crippen LogP contribution in [-0.4, -0.2) is 29.4 Å². The largest absolute Gasteiger partial charge is 0.352 e. The van der Waals surface area contributed by atoms with E-state index in [1.807, 2.05) is 13.8 Å². The lowest BCUT2D eigenvalue weighted by molar-refractivity contribution is -0.131. The maximum absolute atomic E-state index is 11.6. The molecule has 5 nitrogen and oxygen atoms in total. The molecule has 5 heteroatoms. The van der Waals surface area contributed by atoms with E-state index in [4.69, 9.17) is 5.73 Å². The molecule has 4 N–H and O–H groups in total. The van der Waals surface area contributed by atoms with E-state index in [0.29, 0.717) is 0 Å². The molecule has 0 aliphatic rings. The summed E-state index contributed by atoms with van der Waals surface area (Å²) in [6, 6.07) is -0.456. The van der Waals surface area contributed by atoms with Gasteiger partial charge in [-0.3, -0.25) is 9.59 Å². The Morgan fingerprint density at radius 2 is 1.75 bits per heavy atom. The first kappa shape index (κ1) is 14.9. The topological polar surface area (TPSA) is 84.2 Å². The molecule has 2 atom stereocenters. The van der Waals surface area contributed by atoms with Crippen molar-refractivity contribution in [2.24, 2.45) is 5.73 Å². The Bertz CT molecular complexity index is 258. The molecule has 0 aromatic carbocycles. The van der Waals surface area contributed by atoms with E-state index in [9.17, 15) is 9.59 Å². The molecule has 16 heavy (non-hydrogen) atoms. The molecule has 0 fully saturated rings. The first-order valence-corrected chi connectivity index (χ1v) is 5.58. The molecule has 2 unspecified atom stereocenters. The molecule has 0 aromatic rings. The lowest BCUT2D eigenvalue weighted by atomic mass is 10.1. The third-order valence-electron chi connectivity index (χ3n) is 2.33. The van der Waals surface area contributed by atoms with Crippen molar-refractivity contribution in [1.29, 1.82) is 0 Å². The molecular formula is C11H23N3O2. The second kappa shape index (κ2) is 5.84. The van der Waals surface area contributed by atoms with Crippen LogP contribution in [0.4, 0.5) is 0 Å². The standard InChI is InChI=1S/C11H23N3O2/c1-6-7(2)13-9(15)8(3)14-10(16)11(4,5)12/h7-8H,6,12H2,1-5H3,(H,13,15)(H,14,16). The van der Waals surface area contributed by atoms with Gasteiger partial charge in [-0.05, 0) is 34.1 Å². The predicted molar refractivity (Wildman–Crippen MR) is 63.8 cm³/mol. The van der Waals surface area contributed by atoms with Crippen molar-refractivity contribution in [2.75, 3.05) is 0 Å². The summed E-state index contributed by atoms with van der Waals surface area (Å²) in [6.45, 7) is 8.74. The second-order valence-electron chi connectivity index (χ2n) is 4.73. The molecule has 2 amide bonds. The zero-order valence-electron chi connectivity index (χ0n) is 10.8. The van der Waals surface area contributed by atoms with Gasteiger partial charge in [-0.2, -0.15) is 0 Å². The molecule has 0 bridgehead atoms. The first-order chi connectivity index (χ1) is 7.18. The molecule has 0 heterocycles. The van der Waals surface area contributed by atoms with Gasteiger partial charge in [0.1, 0.15) is 6.04 Å². The smallest absolute Gasteiger partial charge is 0.242 e. The highest BCUT2D eigenvalue weighted by Crippen LogP contribution is 1.98. The summed E-state index contributed by atoms with van der Waals surface area (Å²) in [7, 11) is 0. The summed E-state index contributed by atoms with van der Waals surface area (Å²) < 4.78 is 0. The monoisotopic (exact) mass is 229 g/mol. The minimum atomic E-state index is -0.967. The minimum Gasteiger partial charge on any atom is -0.352 e. The third kappa shape index (κ3) is 5.11. The molecule has 0 radical (unpaired) electrons. The molecular weight excluding hydrogens is 206 g/mol. The van der Waals surface area contributed by atoms with E-state index in [1.54, 1.807) is 20.8 Å². The fourth-order valence-electron chi connectivity index (χ4n) is 0.918. The van der Waals surface area contributed by atoms with Crippen molar-refractivity contribution >= 4 is 11.8 Å². The fraction of sp³-hybridized carbons (Fsp3) is 0.818. The number of carbonyl (C=O) groups excluding carboxylic acids is 2. The number of rotatable bonds is 5. The summed E-state index contributed by atoms with van der Waals surface area (Å²) >= 11 is 0. The maximum atomic E-state index is 11.6. The highest BCUT2D eigenvalue weighted by molar-refractivity contribution is 5.91. The lowest BCUT2D eigenvalue weighted by Crippen LogP contribution is -2.55. The van der Waals surface area contributed by atoms with Gasteiger partial charge in [-0.15, -0.1) is 0 Å². The zero-order valence-corrected chi connectivity index (χ0v) is 10.8. The van der Waals surface area contributed by atoms with Gasteiger partial charge in [0.2, 0.25) is 11.8 Å². The van der Waals surface area contributed by atoms with Gasteiger partial charge < -0.3 is 16.4 Å². The summed E-state index contributed by atoms with van der Waals surface area (Å²) in [6.07, 6.45) is 0.856. The van der Waals surface area contributed by atoms with Crippen LogP contribution in [0.1, 0.15) is 41.0 Å². The Hall–Kier alpha value is -1.10. The molecule has 0 aliphatic heterocycles. The molecule has 0 spiro atoms. The lowest BCUT2D eigenvalue weighted by Gasteiger charge is -2.22. The Kier molecular flexibility index (Phi) is 5.44. The van der Waals surface area contributed by atoms with Crippen LogP contribution in [0.25, 0.3) is 0 Å². The van der Waals surface area contributed by atoms with Crippen molar-refractivity contribution in [3.63, 3.8) is 0 Å². The number of carbonyl (C=O) groups is 2. The van der Waals surface area contributed by atoms with E-state index in [1.165, 1.54) is 0 Å². The average Bonchev–Trinajstić information content (AvgIpc) is 2.15. The summed E-state index contributed by atoms with van der Waals surface area (Å²) in [4.78, 5) is 23.1. The van der Waals surface area contributed by atoms with Gasteiger partial charge in [0.15, 0.2) is 0 Å². The van der Waals surface area contributed by atoms with Crippen molar-refractivity contribution in [3.05, 3.63) is 0 Å². The third-order valence-corrected chi connectivity index (χ3v) is 2.33. The van der Waals surface area contributed by atoms with Gasteiger partial charge in [0.05, 0.1) is 5.54 Å². The van der Waals surface area contributed by atoms with Gasteiger partial charge in [0, 0.05) is 6.04 Å². The van der Waals surface area contributed by atoms with Crippen LogP contribution >= 0.6 is 0 Å². The highest BCUT2D eigenvalue weighted by Gasteiger charge is 2.25. The summed E-state index contributed by atoms with van der Waals surface area (Å²) in [5.41, 5.74) is 4.64. The van der Waals surface area contributed by atoms with Crippen LogP contribution in [0.5, 0.6) is 0 Å². The van der Waals surface area contributed by atoms with Crippen molar-refractivity contribution in [1.82, 2.24) is 10.6 Å². The SMILES string of the molecule is CCC(C)NC(=O)C(C)NC(=O)C(C)(C)N. The maximum Gasteiger partial charge on any atom is 0.242 e. The van der Waals surface area contributed by atoms with Gasteiger partial charge in [-0.1, -0.05) is 6.92 Å². The number of hydrogen-bond acceptors (Lipinski definition) is 3. The second-order valence-corrected chi connectivity index (χ2v) is 4.73. The number of amides is 2. The zero-order chi connectivity index (χ0) is 12.9. The fourth-order valence-corrected chi connectivity index (χ4v) is 0.918. The molecule has 0 saturated carbocycles. The molecule has 0 saturated heterocycles. The van der Waals surface area contributed by atoms with Gasteiger partial charge >= 0.3 is 0 Å². The number of nitrogens with two attached hydrogens (primary N) is 1. The van der Waals surface area contributed by atoms with Crippen LogP contribution in [0.3, 0.4) is 0 Å². The molecule has 0 aromatic heterocycles.